The lowest BCUT2D eigenvalue weighted by molar-refractivity contribution is -0.138. The van der Waals surface area contributed by atoms with Gasteiger partial charge in [-0.1, -0.05) is 65.2 Å². The Morgan fingerprint density at radius 3 is 1.23 bits per heavy atom. The average Bonchev–Trinajstić information content (AvgIpc) is 2.55. The number of carbonyl (C=O) groups excluding carboxylic acids is 1. The molecule has 0 aliphatic rings. The topological polar surface area (TPSA) is 127 Å². The summed E-state index contributed by atoms with van der Waals surface area (Å²) < 4.78 is 4.18. The summed E-state index contributed by atoms with van der Waals surface area (Å²) in [6, 6.07) is 0. The SMILES string of the molecule is CCCCCCCC(=O)O.CCCCCCCC(=O)O.CCOC(N)=O. The minimum absolute atomic E-state index is 0.337. The van der Waals surface area contributed by atoms with Gasteiger partial charge in [-0.15, -0.1) is 0 Å². The van der Waals surface area contributed by atoms with E-state index >= 15 is 0 Å². The molecule has 0 saturated carbocycles. The molecule has 156 valence electrons. The first kappa shape index (κ1) is 29.0. The van der Waals surface area contributed by atoms with Crippen LogP contribution in [0.5, 0.6) is 0 Å². The third-order valence-corrected chi connectivity index (χ3v) is 3.27. The molecule has 0 aliphatic carbocycles. The summed E-state index contributed by atoms with van der Waals surface area (Å²) in [4.78, 5) is 29.7. The third-order valence-electron chi connectivity index (χ3n) is 3.27. The molecule has 0 saturated heterocycles. The second-order valence-corrected chi connectivity index (χ2v) is 5.87. The van der Waals surface area contributed by atoms with Crippen molar-refractivity contribution in [1.29, 1.82) is 0 Å². The number of carboxylic acid groups (broad SMARTS) is 2. The van der Waals surface area contributed by atoms with Crippen LogP contribution in [0.3, 0.4) is 0 Å². The van der Waals surface area contributed by atoms with E-state index in [4.69, 9.17) is 10.2 Å². The van der Waals surface area contributed by atoms with Gasteiger partial charge in [0, 0.05) is 12.8 Å². The number of primary amides is 1. The first-order chi connectivity index (χ1) is 12.3. The average molecular weight is 378 g/mol. The van der Waals surface area contributed by atoms with Crippen LogP contribution in [0.1, 0.15) is 97.8 Å². The highest BCUT2D eigenvalue weighted by Gasteiger charge is 1.95. The number of hydrogen-bond donors (Lipinski definition) is 3. The van der Waals surface area contributed by atoms with E-state index in [1.807, 2.05) is 0 Å². The van der Waals surface area contributed by atoms with Gasteiger partial charge in [0.05, 0.1) is 6.61 Å². The summed E-state index contributed by atoms with van der Waals surface area (Å²) in [6.45, 7) is 6.36. The van der Waals surface area contributed by atoms with Gasteiger partial charge in [-0.2, -0.15) is 0 Å². The molecule has 26 heavy (non-hydrogen) atoms. The van der Waals surface area contributed by atoms with Crippen molar-refractivity contribution in [3.8, 4) is 0 Å². The molecule has 0 aliphatic heterocycles. The van der Waals surface area contributed by atoms with Gasteiger partial charge in [0.15, 0.2) is 0 Å². The standard InChI is InChI=1S/2C8H16O2.C3H7NO2/c2*1-2-3-4-5-6-7-8(9)10;1-2-6-3(4)5/h2*2-7H2,1H3,(H,9,10);2H2,1H3,(H2,4,5). The summed E-state index contributed by atoms with van der Waals surface area (Å²) in [6.07, 6.45) is 11.1. The van der Waals surface area contributed by atoms with Crippen LogP contribution < -0.4 is 5.73 Å². The fourth-order valence-corrected chi connectivity index (χ4v) is 1.90. The Balaban J connectivity index is -0.000000316. The number of nitrogens with two attached hydrogens (primary N) is 1. The Bertz CT molecular complexity index is 310. The summed E-state index contributed by atoms with van der Waals surface area (Å²) >= 11 is 0. The van der Waals surface area contributed by atoms with Crippen molar-refractivity contribution < 1.29 is 29.3 Å². The molecule has 0 aromatic carbocycles. The number of aliphatic carboxylic acids is 2. The minimum Gasteiger partial charge on any atom is -0.481 e. The van der Waals surface area contributed by atoms with E-state index in [1.165, 1.54) is 38.5 Å². The van der Waals surface area contributed by atoms with Gasteiger partial charge in [-0.3, -0.25) is 9.59 Å². The molecular weight excluding hydrogens is 338 g/mol. The number of carbonyl (C=O) groups is 3. The van der Waals surface area contributed by atoms with Crippen LogP contribution in [-0.2, 0) is 14.3 Å². The maximum atomic E-state index is 10.0. The van der Waals surface area contributed by atoms with Gasteiger partial charge in [0.25, 0.3) is 0 Å². The van der Waals surface area contributed by atoms with E-state index in [1.54, 1.807) is 6.92 Å². The Morgan fingerprint density at radius 1 is 0.692 bits per heavy atom. The predicted molar refractivity (Wildman–Crippen MR) is 103 cm³/mol. The molecule has 4 N–H and O–H groups in total. The number of ether oxygens (including phenoxy) is 1. The molecule has 0 aromatic rings. The molecule has 0 fully saturated rings. The van der Waals surface area contributed by atoms with Gasteiger partial charge in [-0.05, 0) is 19.8 Å². The van der Waals surface area contributed by atoms with E-state index < -0.39 is 18.0 Å². The lowest BCUT2D eigenvalue weighted by Crippen LogP contribution is -2.11. The molecule has 0 radical (unpaired) electrons. The van der Waals surface area contributed by atoms with E-state index in [-0.39, 0.29) is 0 Å². The molecule has 0 spiro atoms. The quantitative estimate of drug-likeness (QED) is 0.389. The fraction of sp³-hybridized carbons (Fsp3) is 0.842. The molecule has 0 unspecified atom stereocenters. The fourth-order valence-electron chi connectivity index (χ4n) is 1.90. The normalized spacial score (nSPS) is 9.19. The van der Waals surface area contributed by atoms with Crippen LogP contribution in [0.15, 0.2) is 0 Å². The Hall–Kier alpha value is -1.79. The van der Waals surface area contributed by atoms with Gasteiger partial charge < -0.3 is 20.7 Å². The van der Waals surface area contributed by atoms with E-state index in [9.17, 15) is 14.4 Å². The highest BCUT2D eigenvalue weighted by Crippen LogP contribution is 2.04. The second kappa shape index (κ2) is 25.5. The van der Waals surface area contributed by atoms with Gasteiger partial charge in [0.2, 0.25) is 0 Å². The van der Waals surface area contributed by atoms with Crippen molar-refractivity contribution in [1.82, 2.24) is 0 Å². The van der Waals surface area contributed by atoms with Crippen LogP contribution in [0.2, 0.25) is 0 Å². The zero-order valence-corrected chi connectivity index (χ0v) is 16.8. The molecule has 0 heterocycles. The minimum atomic E-state index is -0.711. The molecule has 0 bridgehead atoms. The molecule has 1 amide bonds. The van der Waals surface area contributed by atoms with Crippen molar-refractivity contribution >= 4 is 18.0 Å². The summed E-state index contributed by atoms with van der Waals surface area (Å²) in [5.74, 6) is -1.34. The Kier molecular flexibility index (Phi) is 28.4. The Labute approximate surface area is 158 Å². The monoisotopic (exact) mass is 377 g/mol. The van der Waals surface area contributed by atoms with Crippen LogP contribution in [0.4, 0.5) is 4.79 Å². The van der Waals surface area contributed by atoms with E-state index in [2.05, 4.69) is 24.3 Å². The number of rotatable bonds is 13. The largest absolute Gasteiger partial charge is 0.481 e. The Morgan fingerprint density at radius 2 is 1.04 bits per heavy atom. The smallest absolute Gasteiger partial charge is 0.404 e. The van der Waals surface area contributed by atoms with Crippen LogP contribution >= 0.6 is 0 Å². The number of amides is 1. The molecule has 7 heteroatoms. The zero-order chi connectivity index (χ0) is 20.6. The van der Waals surface area contributed by atoms with Crippen molar-refractivity contribution in [3.63, 3.8) is 0 Å². The second-order valence-electron chi connectivity index (χ2n) is 5.87. The highest BCUT2D eigenvalue weighted by molar-refractivity contribution is 5.66. The third kappa shape index (κ3) is 43.2. The number of unbranched alkanes of at least 4 members (excludes halogenated alkanes) is 8. The van der Waals surface area contributed by atoms with Crippen molar-refractivity contribution in [2.24, 2.45) is 5.73 Å². The first-order valence-corrected chi connectivity index (χ1v) is 9.67. The van der Waals surface area contributed by atoms with Gasteiger partial charge >= 0.3 is 18.0 Å². The van der Waals surface area contributed by atoms with Crippen LogP contribution in [-0.4, -0.2) is 34.9 Å². The number of hydrogen-bond acceptors (Lipinski definition) is 4. The summed E-state index contributed by atoms with van der Waals surface area (Å²) in [5, 5.41) is 16.5. The summed E-state index contributed by atoms with van der Waals surface area (Å²) in [5.41, 5.74) is 4.54. The first-order valence-electron chi connectivity index (χ1n) is 9.67. The van der Waals surface area contributed by atoms with Crippen molar-refractivity contribution in [3.05, 3.63) is 0 Å². The number of carboxylic acids is 2. The predicted octanol–water partition coefficient (Wildman–Crippen LogP) is 4.96. The highest BCUT2D eigenvalue weighted by atomic mass is 16.5. The van der Waals surface area contributed by atoms with Crippen molar-refractivity contribution in [2.45, 2.75) is 97.8 Å². The zero-order valence-electron chi connectivity index (χ0n) is 16.8. The summed E-state index contributed by atoms with van der Waals surface area (Å²) in [7, 11) is 0. The molecule has 7 nitrogen and oxygen atoms in total. The maximum absolute atomic E-state index is 10.0. The van der Waals surface area contributed by atoms with Crippen LogP contribution in [0.25, 0.3) is 0 Å². The lowest BCUT2D eigenvalue weighted by atomic mass is 10.1. The van der Waals surface area contributed by atoms with E-state index in [0.29, 0.717) is 19.4 Å². The molecular formula is C19H39NO6. The lowest BCUT2D eigenvalue weighted by Gasteiger charge is -1.95. The van der Waals surface area contributed by atoms with E-state index in [0.717, 1.165) is 25.7 Å². The maximum Gasteiger partial charge on any atom is 0.404 e. The van der Waals surface area contributed by atoms with Crippen LogP contribution in [0, 0.1) is 0 Å². The van der Waals surface area contributed by atoms with Gasteiger partial charge in [-0.25, -0.2) is 4.79 Å². The molecule has 0 aromatic heterocycles. The van der Waals surface area contributed by atoms with Crippen molar-refractivity contribution in [2.75, 3.05) is 6.61 Å². The molecule has 0 atom stereocenters. The van der Waals surface area contributed by atoms with Gasteiger partial charge in [0.1, 0.15) is 0 Å². The molecule has 0 rings (SSSR count).